The highest BCUT2D eigenvalue weighted by Crippen LogP contribution is 2.13. The summed E-state index contributed by atoms with van der Waals surface area (Å²) in [6, 6.07) is 5.78. The van der Waals surface area contributed by atoms with Gasteiger partial charge in [-0.15, -0.1) is 0 Å². The van der Waals surface area contributed by atoms with Gasteiger partial charge < -0.3 is 10.1 Å². The van der Waals surface area contributed by atoms with Crippen molar-refractivity contribution >= 4 is 0 Å². The lowest BCUT2D eigenvalue weighted by Crippen LogP contribution is -2.25. The standard InChI is InChI=1S/C17H29FN2O/c1-13(2)19-11-15-6-7-17(18)16(10-15)12-20(5)8-9-21-14(3)4/h6-7,10,13-14,19H,8-9,11-12H2,1-5H3. The molecule has 0 heterocycles. The number of benzene rings is 1. The minimum Gasteiger partial charge on any atom is -0.377 e. The SMILES string of the molecule is CC(C)NCc1ccc(F)c(CN(C)CCOC(C)C)c1. The van der Waals surface area contributed by atoms with Crippen LogP contribution in [0.2, 0.25) is 0 Å². The zero-order valence-electron chi connectivity index (χ0n) is 13.9. The van der Waals surface area contributed by atoms with E-state index in [2.05, 4.69) is 24.1 Å². The van der Waals surface area contributed by atoms with Gasteiger partial charge in [-0.3, -0.25) is 4.90 Å². The zero-order valence-corrected chi connectivity index (χ0v) is 13.9. The molecule has 0 amide bonds. The average Bonchev–Trinajstić information content (AvgIpc) is 2.39. The third-order valence-electron chi connectivity index (χ3n) is 3.19. The summed E-state index contributed by atoms with van der Waals surface area (Å²) in [5.74, 6) is -0.139. The molecule has 4 heteroatoms. The molecule has 1 rings (SSSR count). The number of likely N-dealkylation sites (N-methyl/N-ethyl adjacent to an activating group) is 1. The molecular formula is C17H29FN2O. The van der Waals surface area contributed by atoms with Crippen molar-refractivity contribution in [2.75, 3.05) is 20.2 Å². The van der Waals surface area contributed by atoms with Crippen molar-refractivity contribution < 1.29 is 9.13 Å². The Hall–Kier alpha value is -0.970. The monoisotopic (exact) mass is 296 g/mol. The Balaban J connectivity index is 2.54. The maximum Gasteiger partial charge on any atom is 0.127 e. The van der Waals surface area contributed by atoms with Crippen molar-refractivity contribution in [3.63, 3.8) is 0 Å². The molecular weight excluding hydrogens is 267 g/mol. The highest BCUT2D eigenvalue weighted by atomic mass is 19.1. The van der Waals surface area contributed by atoms with Crippen molar-refractivity contribution in [1.82, 2.24) is 10.2 Å². The predicted octanol–water partition coefficient (Wildman–Crippen LogP) is 3.18. The number of hydrogen-bond acceptors (Lipinski definition) is 3. The van der Waals surface area contributed by atoms with E-state index in [-0.39, 0.29) is 11.9 Å². The lowest BCUT2D eigenvalue weighted by atomic mass is 10.1. The molecule has 0 unspecified atom stereocenters. The first-order chi connectivity index (χ1) is 9.88. The average molecular weight is 296 g/mol. The Labute approximate surface area is 128 Å². The third-order valence-corrected chi connectivity index (χ3v) is 3.19. The van der Waals surface area contributed by atoms with Crippen LogP contribution in [0.4, 0.5) is 4.39 Å². The second-order valence-electron chi connectivity index (χ2n) is 6.12. The van der Waals surface area contributed by atoms with Crippen molar-refractivity contribution in [3.8, 4) is 0 Å². The first kappa shape index (κ1) is 18.1. The molecule has 0 spiro atoms. The Morgan fingerprint density at radius 3 is 2.57 bits per heavy atom. The summed E-state index contributed by atoms with van der Waals surface area (Å²) in [6.07, 6.45) is 0.237. The molecule has 1 aromatic rings. The van der Waals surface area contributed by atoms with Gasteiger partial charge in [-0.25, -0.2) is 4.39 Å². The van der Waals surface area contributed by atoms with Gasteiger partial charge in [0.15, 0.2) is 0 Å². The normalized spacial score (nSPS) is 11.9. The first-order valence-corrected chi connectivity index (χ1v) is 7.69. The van der Waals surface area contributed by atoms with Crippen molar-refractivity contribution in [2.24, 2.45) is 0 Å². The Kier molecular flexibility index (Phi) is 7.86. The van der Waals surface area contributed by atoms with E-state index in [1.807, 2.05) is 33.0 Å². The first-order valence-electron chi connectivity index (χ1n) is 7.69. The van der Waals surface area contributed by atoms with Crippen LogP contribution in [0.3, 0.4) is 0 Å². The van der Waals surface area contributed by atoms with Crippen LogP contribution in [-0.2, 0) is 17.8 Å². The molecule has 0 atom stereocenters. The van der Waals surface area contributed by atoms with Crippen LogP contribution in [0.25, 0.3) is 0 Å². The maximum atomic E-state index is 13.9. The predicted molar refractivity (Wildman–Crippen MR) is 85.8 cm³/mol. The fraction of sp³-hybridized carbons (Fsp3) is 0.647. The van der Waals surface area contributed by atoms with Crippen LogP contribution in [0.1, 0.15) is 38.8 Å². The maximum absolute atomic E-state index is 13.9. The summed E-state index contributed by atoms with van der Waals surface area (Å²) < 4.78 is 19.4. The van der Waals surface area contributed by atoms with Crippen LogP contribution >= 0.6 is 0 Å². The molecule has 0 bridgehead atoms. The van der Waals surface area contributed by atoms with Gasteiger partial charge in [-0.2, -0.15) is 0 Å². The summed E-state index contributed by atoms with van der Waals surface area (Å²) in [6.45, 7) is 11.1. The van der Waals surface area contributed by atoms with Gasteiger partial charge in [-0.05, 0) is 32.5 Å². The molecule has 0 aliphatic carbocycles. The van der Waals surface area contributed by atoms with E-state index in [9.17, 15) is 4.39 Å². The zero-order chi connectivity index (χ0) is 15.8. The molecule has 21 heavy (non-hydrogen) atoms. The Morgan fingerprint density at radius 1 is 1.24 bits per heavy atom. The van der Waals surface area contributed by atoms with E-state index in [0.717, 1.165) is 24.2 Å². The quantitative estimate of drug-likeness (QED) is 0.757. The molecule has 1 aromatic carbocycles. The highest BCUT2D eigenvalue weighted by molar-refractivity contribution is 5.25. The van der Waals surface area contributed by atoms with Gasteiger partial charge in [0.05, 0.1) is 12.7 Å². The number of nitrogens with one attached hydrogen (secondary N) is 1. The van der Waals surface area contributed by atoms with Crippen LogP contribution in [0, 0.1) is 5.82 Å². The molecule has 120 valence electrons. The number of halogens is 1. The second kappa shape index (κ2) is 9.13. The molecule has 0 radical (unpaired) electrons. The van der Waals surface area contributed by atoms with Crippen LogP contribution in [-0.4, -0.2) is 37.2 Å². The topological polar surface area (TPSA) is 24.5 Å². The van der Waals surface area contributed by atoms with Crippen LogP contribution in [0.5, 0.6) is 0 Å². The largest absolute Gasteiger partial charge is 0.377 e. The summed E-state index contributed by atoms with van der Waals surface area (Å²) in [4.78, 5) is 2.08. The molecule has 0 saturated heterocycles. The smallest absolute Gasteiger partial charge is 0.127 e. The minimum atomic E-state index is -0.139. The molecule has 0 saturated carbocycles. The van der Waals surface area contributed by atoms with Gasteiger partial charge in [0, 0.05) is 31.2 Å². The fourth-order valence-corrected chi connectivity index (χ4v) is 2.00. The number of nitrogens with zero attached hydrogens (tertiary/aromatic N) is 1. The number of ether oxygens (including phenoxy) is 1. The van der Waals surface area contributed by atoms with E-state index in [0.29, 0.717) is 19.2 Å². The fourth-order valence-electron chi connectivity index (χ4n) is 2.00. The van der Waals surface area contributed by atoms with Gasteiger partial charge in [0.1, 0.15) is 5.82 Å². The van der Waals surface area contributed by atoms with Crippen molar-refractivity contribution in [1.29, 1.82) is 0 Å². The highest BCUT2D eigenvalue weighted by Gasteiger charge is 2.08. The summed E-state index contributed by atoms with van der Waals surface area (Å²) in [7, 11) is 1.99. The van der Waals surface area contributed by atoms with E-state index in [4.69, 9.17) is 4.74 Å². The van der Waals surface area contributed by atoms with Crippen molar-refractivity contribution in [3.05, 3.63) is 35.1 Å². The molecule has 0 aliphatic heterocycles. The summed E-state index contributed by atoms with van der Waals surface area (Å²) in [5, 5.41) is 3.35. The van der Waals surface area contributed by atoms with E-state index < -0.39 is 0 Å². The molecule has 3 nitrogen and oxygen atoms in total. The number of hydrogen-bond donors (Lipinski definition) is 1. The number of rotatable bonds is 9. The molecule has 0 aliphatic rings. The van der Waals surface area contributed by atoms with E-state index >= 15 is 0 Å². The van der Waals surface area contributed by atoms with Gasteiger partial charge >= 0.3 is 0 Å². The molecule has 1 N–H and O–H groups in total. The summed E-state index contributed by atoms with van der Waals surface area (Å²) >= 11 is 0. The second-order valence-corrected chi connectivity index (χ2v) is 6.12. The van der Waals surface area contributed by atoms with Crippen LogP contribution < -0.4 is 5.32 Å². The van der Waals surface area contributed by atoms with Gasteiger partial charge in [0.2, 0.25) is 0 Å². The lowest BCUT2D eigenvalue weighted by Gasteiger charge is -2.19. The molecule has 0 fully saturated rings. The Morgan fingerprint density at radius 2 is 1.95 bits per heavy atom. The third kappa shape index (κ3) is 7.55. The van der Waals surface area contributed by atoms with E-state index in [1.54, 1.807) is 6.07 Å². The Bertz CT molecular complexity index is 421. The molecule has 0 aromatic heterocycles. The minimum absolute atomic E-state index is 0.139. The summed E-state index contributed by atoms with van der Waals surface area (Å²) in [5.41, 5.74) is 1.86. The van der Waals surface area contributed by atoms with E-state index in [1.165, 1.54) is 0 Å². The van der Waals surface area contributed by atoms with Crippen molar-refractivity contribution in [2.45, 2.75) is 52.9 Å². The lowest BCUT2D eigenvalue weighted by molar-refractivity contribution is 0.0625. The van der Waals surface area contributed by atoms with Gasteiger partial charge in [-0.1, -0.05) is 26.0 Å². The van der Waals surface area contributed by atoms with Gasteiger partial charge in [0.25, 0.3) is 0 Å². The van der Waals surface area contributed by atoms with Crippen LogP contribution in [0.15, 0.2) is 18.2 Å².